The molecule has 0 spiro atoms. The Labute approximate surface area is 219 Å². The molecule has 0 unspecified atom stereocenters. The van der Waals surface area contributed by atoms with Gasteiger partial charge in [0, 0.05) is 58.9 Å². The number of piperidine rings is 1. The standard InChI is InChI=1S/C28H27ClN4O2S/c1-36-23-11-13-32(14-12-23)26-10-7-19(16-30-26)28(35)31-17-20-18-33(22-5-3-2-4-6-22)25-15-21(29)8-9-24(25)27(20)34/h2-10,15-16,18,23H,11-14,17H2,1H3,(H,31,35). The molecule has 5 rings (SSSR count). The molecule has 8 heteroatoms. The second-order valence-electron chi connectivity index (χ2n) is 8.86. The number of halogens is 1. The monoisotopic (exact) mass is 518 g/mol. The van der Waals surface area contributed by atoms with Crippen molar-refractivity contribution in [2.24, 2.45) is 0 Å². The minimum absolute atomic E-state index is 0.104. The van der Waals surface area contributed by atoms with Crippen LogP contribution < -0.4 is 15.6 Å². The molecule has 1 fully saturated rings. The number of thioether (sulfide) groups is 1. The quantitative estimate of drug-likeness (QED) is 0.375. The highest BCUT2D eigenvalue weighted by Crippen LogP contribution is 2.24. The second-order valence-corrected chi connectivity index (χ2v) is 10.4. The van der Waals surface area contributed by atoms with Crippen LogP contribution >= 0.6 is 23.4 Å². The lowest BCUT2D eigenvalue weighted by Crippen LogP contribution is -2.35. The first-order valence-electron chi connectivity index (χ1n) is 11.9. The fourth-order valence-corrected chi connectivity index (χ4v) is 5.44. The predicted octanol–water partition coefficient (Wildman–Crippen LogP) is 5.30. The maximum absolute atomic E-state index is 13.2. The van der Waals surface area contributed by atoms with Gasteiger partial charge in [-0.25, -0.2) is 4.98 Å². The summed E-state index contributed by atoms with van der Waals surface area (Å²) in [5.41, 5.74) is 2.45. The van der Waals surface area contributed by atoms with E-state index in [-0.39, 0.29) is 17.9 Å². The number of para-hydroxylation sites is 1. The Morgan fingerprint density at radius 3 is 2.58 bits per heavy atom. The molecule has 3 heterocycles. The van der Waals surface area contributed by atoms with Crippen LogP contribution in [0, 0.1) is 0 Å². The molecule has 0 atom stereocenters. The zero-order chi connectivity index (χ0) is 25.1. The number of nitrogens with zero attached hydrogens (tertiary/aromatic N) is 3. The minimum Gasteiger partial charge on any atom is -0.357 e. The Bertz CT molecular complexity index is 1430. The topological polar surface area (TPSA) is 67.2 Å². The Balaban J connectivity index is 1.34. The van der Waals surface area contributed by atoms with E-state index in [4.69, 9.17) is 11.6 Å². The van der Waals surface area contributed by atoms with E-state index in [1.807, 2.05) is 52.7 Å². The lowest BCUT2D eigenvalue weighted by molar-refractivity contribution is 0.0950. The first kappa shape index (κ1) is 24.4. The SMILES string of the molecule is CSC1CCN(c2ccc(C(=O)NCc3cn(-c4ccccc4)c4cc(Cl)ccc4c3=O)cn2)CC1. The van der Waals surface area contributed by atoms with Crippen molar-refractivity contribution < 1.29 is 4.79 Å². The molecule has 6 nitrogen and oxygen atoms in total. The predicted molar refractivity (Wildman–Crippen MR) is 149 cm³/mol. The number of pyridine rings is 2. The van der Waals surface area contributed by atoms with Crippen molar-refractivity contribution in [2.75, 3.05) is 24.2 Å². The van der Waals surface area contributed by atoms with E-state index >= 15 is 0 Å². The maximum Gasteiger partial charge on any atom is 0.253 e. The van der Waals surface area contributed by atoms with Crippen LogP contribution in [0.4, 0.5) is 5.82 Å². The Morgan fingerprint density at radius 1 is 1.11 bits per heavy atom. The summed E-state index contributed by atoms with van der Waals surface area (Å²) in [6, 6.07) is 18.7. The summed E-state index contributed by atoms with van der Waals surface area (Å²) in [6.45, 7) is 2.06. The van der Waals surface area contributed by atoms with E-state index in [2.05, 4.69) is 21.5 Å². The number of aromatic nitrogens is 2. The molecule has 2 aromatic heterocycles. The summed E-state index contributed by atoms with van der Waals surface area (Å²) in [5, 5.41) is 4.70. The largest absolute Gasteiger partial charge is 0.357 e. The van der Waals surface area contributed by atoms with E-state index in [9.17, 15) is 9.59 Å². The first-order valence-corrected chi connectivity index (χ1v) is 13.6. The Hall–Kier alpha value is -3.29. The number of fused-ring (bicyclic) bond motifs is 1. The Kier molecular flexibility index (Phi) is 7.30. The van der Waals surface area contributed by atoms with Crippen LogP contribution in [0.1, 0.15) is 28.8 Å². The van der Waals surface area contributed by atoms with Gasteiger partial charge in [0.2, 0.25) is 0 Å². The van der Waals surface area contributed by atoms with Gasteiger partial charge in [-0.2, -0.15) is 11.8 Å². The van der Waals surface area contributed by atoms with Crippen LogP contribution in [0.2, 0.25) is 5.02 Å². The van der Waals surface area contributed by atoms with E-state index in [0.717, 1.165) is 43.0 Å². The third-order valence-electron chi connectivity index (χ3n) is 6.62. The molecular formula is C28H27ClN4O2S. The number of hydrogen-bond donors (Lipinski definition) is 1. The zero-order valence-electron chi connectivity index (χ0n) is 20.0. The molecule has 2 aromatic carbocycles. The van der Waals surface area contributed by atoms with Crippen LogP contribution in [0.5, 0.6) is 0 Å². The number of benzene rings is 2. The third-order valence-corrected chi connectivity index (χ3v) is 8.00. The van der Waals surface area contributed by atoms with Crippen LogP contribution in [-0.2, 0) is 6.54 Å². The number of anilines is 1. The molecule has 4 aromatic rings. The minimum atomic E-state index is -0.267. The van der Waals surface area contributed by atoms with Crippen molar-refractivity contribution in [2.45, 2.75) is 24.6 Å². The van der Waals surface area contributed by atoms with E-state index in [1.54, 1.807) is 36.7 Å². The average Bonchev–Trinajstić information content (AvgIpc) is 2.93. The molecule has 1 N–H and O–H groups in total. The van der Waals surface area contributed by atoms with Crippen molar-refractivity contribution in [3.05, 3.63) is 99.4 Å². The van der Waals surface area contributed by atoms with Gasteiger partial charge < -0.3 is 14.8 Å². The van der Waals surface area contributed by atoms with Gasteiger partial charge in [-0.3, -0.25) is 9.59 Å². The Morgan fingerprint density at radius 2 is 1.89 bits per heavy atom. The van der Waals surface area contributed by atoms with Gasteiger partial charge in [0.25, 0.3) is 5.91 Å². The van der Waals surface area contributed by atoms with Crippen LogP contribution in [0.15, 0.2) is 77.9 Å². The molecule has 1 saturated heterocycles. The van der Waals surface area contributed by atoms with Crippen molar-refractivity contribution in [3.63, 3.8) is 0 Å². The molecule has 0 bridgehead atoms. The number of rotatable bonds is 6. The van der Waals surface area contributed by atoms with Crippen molar-refractivity contribution in [1.82, 2.24) is 14.9 Å². The van der Waals surface area contributed by atoms with Crippen molar-refractivity contribution in [1.29, 1.82) is 0 Å². The fraction of sp³-hybridized carbons (Fsp3) is 0.250. The molecule has 36 heavy (non-hydrogen) atoms. The molecule has 0 radical (unpaired) electrons. The molecule has 1 amide bonds. The lowest BCUT2D eigenvalue weighted by atomic mass is 10.1. The second kappa shape index (κ2) is 10.8. The van der Waals surface area contributed by atoms with Gasteiger partial charge in [-0.05, 0) is 61.6 Å². The molecular weight excluding hydrogens is 492 g/mol. The number of amides is 1. The smallest absolute Gasteiger partial charge is 0.253 e. The average molecular weight is 519 g/mol. The molecule has 0 saturated carbocycles. The molecule has 1 aliphatic rings. The number of carbonyl (C=O) groups is 1. The van der Waals surface area contributed by atoms with E-state index < -0.39 is 0 Å². The third kappa shape index (κ3) is 5.13. The van der Waals surface area contributed by atoms with Gasteiger partial charge >= 0.3 is 0 Å². The van der Waals surface area contributed by atoms with Gasteiger partial charge in [0.1, 0.15) is 5.82 Å². The van der Waals surface area contributed by atoms with Gasteiger partial charge in [0.15, 0.2) is 5.43 Å². The molecule has 0 aliphatic carbocycles. The summed E-state index contributed by atoms with van der Waals surface area (Å²) in [4.78, 5) is 32.9. The van der Waals surface area contributed by atoms with Gasteiger partial charge in [-0.15, -0.1) is 0 Å². The first-order chi connectivity index (χ1) is 17.5. The van der Waals surface area contributed by atoms with Crippen LogP contribution in [-0.4, -0.2) is 40.1 Å². The maximum atomic E-state index is 13.2. The van der Waals surface area contributed by atoms with Gasteiger partial charge in [0.05, 0.1) is 11.1 Å². The van der Waals surface area contributed by atoms with E-state index in [0.29, 0.717) is 26.8 Å². The normalized spacial score (nSPS) is 14.2. The highest BCUT2D eigenvalue weighted by atomic mass is 35.5. The van der Waals surface area contributed by atoms with E-state index in [1.165, 1.54) is 0 Å². The highest BCUT2D eigenvalue weighted by Gasteiger charge is 2.20. The highest BCUT2D eigenvalue weighted by molar-refractivity contribution is 7.99. The summed E-state index contributed by atoms with van der Waals surface area (Å²) in [6.07, 6.45) is 7.83. The summed E-state index contributed by atoms with van der Waals surface area (Å²) in [5.74, 6) is 0.627. The summed E-state index contributed by atoms with van der Waals surface area (Å²) >= 11 is 8.16. The summed E-state index contributed by atoms with van der Waals surface area (Å²) < 4.78 is 1.93. The number of hydrogen-bond acceptors (Lipinski definition) is 5. The van der Waals surface area contributed by atoms with Crippen LogP contribution in [0.25, 0.3) is 16.6 Å². The number of nitrogens with one attached hydrogen (secondary N) is 1. The van der Waals surface area contributed by atoms with Crippen molar-refractivity contribution >= 4 is 46.0 Å². The molecule has 184 valence electrons. The lowest BCUT2D eigenvalue weighted by Gasteiger charge is -2.32. The fourth-order valence-electron chi connectivity index (χ4n) is 4.59. The number of carbonyl (C=O) groups excluding carboxylic acids is 1. The molecule has 1 aliphatic heterocycles. The van der Waals surface area contributed by atoms with Gasteiger partial charge in [-0.1, -0.05) is 29.8 Å². The van der Waals surface area contributed by atoms with Crippen molar-refractivity contribution in [3.8, 4) is 5.69 Å². The zero-order valence-corrected chi connectivity index (χ0v) is 21.6. The summed E-state index contributed by atoms with van der Waals surface area (Å²) in [7, 11) is 0. The van der Waals surface area contributed by atoms with Crippen LogP contribution in [0.3, 0.4) is 0 Å².